The second-order valence-corrected chi connectivity index (χ2v) is 3.33. The topological polar surface area (TPSA) is 12.0 Å². The van der Waals surface area contributed by atoms with E-state index < -0.39 is 0 Å². The Labute approximate surface area is 86.5 Å². The largest absolute Gasteiger partial charge is 0.372 e. The Hall–Kier alpha value is -1.42. The number of anilines is 1. The summed E-state index contributed by atoms with van der Waals surface area (Å²) in [6, 6.07) is 8.54. The minimum absolute atomic E-state index is 0.141. The fraction of sp³-hybridized carbons (Fsp3) is 0.385. The molecule has 0 aliphatic rings. The summed E-state index contributed by atoms with van der Waals surface area (Å²) in [4.78, 5) is 0. The molecule has 0 heterocycles. The van der Waals surface area contributed by atoms with E-state index in [9.17, 15) is 0 Å². The van der Waals surface area contributed by atoms with Gasteiger partial charge < -0.3 is 5.32 Å². The Morgan fingerprint density at radius 2 is 2.21 bits per heavy atom. The lowest BCUT2D eigenvalue weighted by atomic mass is 10.1. The molecule has 1 heteroatoms. The third-order valence-corrected chi connectivity index (χ3v) is 2.29. The van der Waals surface area contributed by atoms with E-state index in [0.29, 0.717) is 0 Å². The van der Waals surface area contributed by atoms with Crippen molar-refractivity contribution in [2.75, 3.05) is 5.32 Å². The van der Waals surface area contributed by atoms with Crippen molar-refractivity contribution in [2.24, 2.45) is 0 Å². The van der Waals surface area contributed by atoms with Crippen molar-refractivity contribution in [3.63, 3.8) is 0 Å². The number of hydrogen-bond donors (Lipinski definition) is 1. The van der Waals surface area contributed by atoms with E-state index in [1.807, 2.05) is 0 Å². The summed E-state index contributed by atoms with van der Waals surface area (Å²) in [6.45, 7) is 4.23. The Kier molecular flexibility index (Phi) is 4.07. The van der Waals surface area contributed by atoms with Crippen LogP contribution in [0, 0.1) is 12.3 Å². The summed E-state index contributed by atoms with van der Waals surface area (Å²) in [5.41, 5.74) is 2.45. The van der Waals surface area contributed by atoms with Crippen LogP contribution in [0.3, 0.4) is 0 Å². The van der Waals surface area contributed by atoms with Crippen LogP contribution in [-0.2, 0) is 6.42 Å². The Balaban J connectivity index is 2.71. The molecule has 1 nitrogen and oxygen atoms in total. The molecule has 0 aliphatic heterocycles. The van der Waals surface area contributed by atoms with Crippen LogP contribution < -0.4 is 5.32 Å². The molecule has 0 amide bonds. The van der Waals surface area contributed by atoms with E-state index in [0.717, 1.165) is 18.5 Å². The third kappa shape index (κ3) is 2.81. The first kappa shape index (κ1) is 10.7. The molecule has 1 rings (SSSR count). The fourth-order valence-corrected chi connectivity index (χ4v) is 1.34. The molecule has 1 N–H and O–H groups in total. The van der Waals surface area contributed by atoms with Crippen molar-refractivity contribution in [1.82, 2.24) is 0 Å². The van der Waals surface area contributed by atoms with Crippen LogP contribution in [-0.4, -0.2) is 6.04 Å². The van der Waals surface area contributed by atoms with Crippen LogP contribution in [0.1, 0.15) is 25.8 Å². The van der Waals surface area contributed by atoms with E-state index in [1.54, 1.807) is 0 Å². The lowest BCUT2D eigenvalue weighted by Crippen LogP contribution is -2.15. The number of rotatable bonds is 4. The second kappa shape index (κ2) is 5.34. The van der Waals surface area contributed by atoms with Gasteiger partial charge in [0.15, 0.2) is 0 Å². The molecule has 1 aromatic rings. The highest BCUT2D eigenvalue weighted by Gasteiger charge is 2.00. The van der Waals surface area contributed by atoms with E-state index in [4.69, 9.17) is 6.42 Å². The average molecular weight is 187 g/mol. The number of terminal acetylenes is 1. The van der Waals surface area contributed by atoms with Crippen molar-refractivity contribution in [3.05, 3.63) is 29.8 Å². The molecule has 0 aromatic heterocycles. The molecule has 14 heavy (non-hydrogen) atoms. The quantitative estimate of drug-likeness (QED) is 0.714. The maximum atomic E-state index is 5.39. The zero-order valence-corrected chi connectivity index (χ0v) is 8.88. The fourth-order valence-electron chi connectivity index (χ4n) is 1.34. The molecule has 1 aromatic carbocycles. The summed E-state index contributed by atoms with van der Waals surface area (Å²) >= 11 is 0. The highest BCUT2D eigenvalue weighted by Crippen LogP contribution is 2.12. The molecule has 0 saturated carbocycles. The minimum atomic E-state index is 0.141. The van der Waals surface area contributed by atoms with Crippen LogP contribution in [0.25, 0.3) is 0 Å². The van der Waals surface area contributed by atoms with Gasteiger partial charge in [0.05, 0.1) is 6.04 Å². The molecule has 0 aliphatic carbocycles. The van der Waals surface area contributed by atoms with Crippen molar-refractivity contribution in [2.45, 2.75) is 32.7 Å². The van der Waals surface area contributed by atoms with Gasteiger partial charge in [-0.3, -0.25) is 0 Å². The standard InChI is InChI=1S/C13H17N/c1-4-11-8-7-9-13(10-11)14-12(5-2)6-3/h2,7-10,12,14H,4,6H2,1,3H3. The van der Waals surface area contributed by atoms with E-state index in [2.05, 4.69) is 49.4 Å². The maximum absolute atomic E-state index is 5.39. The van der Waals surface area contributed by atoms with Crippen molar-refractivity contribution < 1.29 is 0 Å². The Bertz CT molecular complexity index is 322. The number of nitrogens with one attached hydrogen (secondary N) is 1. The van der Waals surface area contributed by atoms with Crippen molar-refractivity contribution in [3.8, 4) is 12.3 Å². The molecule has 0 spiro atoms. The van der Waals surface area contributed by atoms with Gasteiger partial charge in [0.1, 0.15) is 0 Å². The van der Waals surface area contributed by atoms with Gasteiger partial charge in [0.2, 0.25) is 0 Å². The lowest BCUT2D eigenvalue weighted by Gasteiger charge is -2.12. The van der Waals surface area contributed by atoms with Gasteiger partial charge in [0, 0.05) is 5.69 Å². The predicted molar refractivity (Wildman–Crippen MR) is 62.4 cm³/mol. The molecule has 0 saturated heterocycles. The zero-order valence-electron chi connectivity index (χ0n) is 8.88. The minimum Gasteiger partial charge on any atom is -0.372 e. The summed E-state index contributed by atoms with van der Waals surface area (Å²) in [5, 5.41) is 3.32. The monoisotopic (exact) mass is 187 g/mol. The Morgan fingerprint density at radius 1 is 1.43 bits per heavy atom. The number of aryl methyl sites for hydroxylation is 1. The second-order valence-electron chi connectivity index (χ2n) is 3.33. The maximum Gasteiger partial charge on any atom is 0.0871 e. The van der Waals surface area contributed by atoms with Crippen LogP contribution in [0.15, 0.2) is 24.3 Å². The molecule has 0 radical (unpaired) electrons. The SMILES string of the molecule is C#CC(CC)Nc1cccc(CC)c1. The van der Waals surface area contributed by atoms with Crippen molar-refractivity contribution >= 4 is 5.69 Å². The number of benzene rings is 1. The van der Waals surface area contributed by atoms with Gasteiger partial charge in [0.25, 0.3) is 0 Å². The highest BCUT2D eigenvalue weighted by atomic mass is 14.9. The predicted octanol–water partition coefficient (Wildman–Crippen LogP) is 3.07. The highest BCUT2D eigenvalue weighted by molar-refractivity contribution is 5.47. The molecule has 1 atom stereocenters. The molecule has 74 valence electrons. The molecular formula is C13H17N. The first-order chi connectivity index (χ1) is 6.80. The van der Waals surface area contributed by atoms with Gasteiger partial charge in [-0.25, -0.2) is 0 Å². The molecular weight excluding hydrogens is 170 g/mol. The van der Waals surface area contributed by atoms with Crippen LogP contribution in [0.4, 0.5) is 5.69 Å². The first-order valence-corrected chi connectivity index (χ1v) is 5.11. The summed E-state index contributed by atoms with van der Waals surface area (Å²) in [6.07, 6.45) is 7.40. The normalized spacial score (nSPS) is 11.8. The molecule has 1 unspecified atom stereocenters. The first-order valence-electron chi connectivity index (χ1n) is 5.11. The van der Waals surface area contributed by atoms with E-state index in [-0.39, 0.29) is 6.04 Å². The van der Waals surface area contributed by atoms with Gasteiger partial charge in [-0.1, -0.05) is 31.9 Å². The summed E-state index contributed by atoms with van der Waals surface area (Å²) in [5.74, 6) is 2.73. The number of hydrogen-bond acceptors (Lipinski definition) is 1. The summed E-state index contributed by atoms with van der Waals surface area (Å²) in [7, 11) is 0. The van der Waals surface area contributed by atoms with Crippen molar-refractivity contribution in [1.29, 1.82) is 0 Å². The van der Waals surface area contributed by atoms with E-state index >= 15 is 0 Å². The lowest BCUT2D eigenvalue weighted by molar-refractivity contribution is 0.857. The smallest absolute Gasteiger partial charge is 0.0871 e. The van der Waals surface area contributed by atoms with Crippen LogP contribution >= 0.6 is 0 Å². The van der Waals surface area contributed by atoms with Crippen LogP contribution in [0.5, 0.6) is 0 Å². The van der Waals surface area contributed by atoms with Crippen LogP contribution in [0.2, 0.25) is 0 Å². The van der Waals surface area contributed by atoms with Gasteiger partial charge in [-0.2, -0.15) is 0 Å². The van der Waals surface area contributed by atoms with Gasteiger partial charge in [-0.05, 0) is 30.5 Å². The zero-order chi connectivity index (χ0) is 10.4. The average Bonchev–Trinajstić information content (AvgIpc) is 2.26. The van der Waals surface area contributed by atoms with E-state index in [1.165, 1.54) is 5.56 Å². The third-order valence-electron chi connectivity index (χ3n) is 2.29. The summed E-state index contributed by atoms with van der Waals surface area (Å²) < 4.78 is 0. The molecule has 0 fully saturated rings. The van der Waals surface area contributed by atoms with Gasteiger partial charge >= 0.3 is 0 Å². The Morgan fingerprint density at radius 3 is 2.79 bits per heavy atom. The van der Waals surface area contributed by atoms with Gasteiger partial charge in [-0.15, -0.1) is 6.42 Å². The molecule has 0 bridgehead atoms.